The van der Waals surface area contributed by atoms with Crippen molar-refractivity contribution in [3.05, 3.63) is 23.4 Å². The monoisotopic (exact) mass is 271 g/mol. The van der Waals surface area contributed by atoms with Gasteiger partial charge in [0.05, 0.1) is 17.6 Å². The predicted molar refractivity (Wildman–Crippen MR) is 70.6 cm³/mol. The van der Waals surface area contributed by atoms with Gasteiger partial charge in [0.2, 0.25) is 11.8 Å². The van der Waals surface area contributed by atoms with Gasteiger partial charge in [0.25, 0.3) is 0 Å². The predicted octanol–water partition coefficient (Wildman–Crippen LogP) is 1.21. The third-order valence-corrected chi connectivity index (χ3v) is 2.60. The van der Waals surface area contributed by atoms with Crippen LogP contribution in [-0.4, -0.2) is 30.1 Å². The van der Waals surface area contributed by atoms with E-state index in [9.17, 15) is 4.79 Å². The maximum atomic E-state index is 11.5. The summed E-state index contributed by atoms with van der Waals surface area (Å²) in [7, 11) is 0. The van der Waals surface area contributed by atoms with E-state index in [0.717, 1.165) is 0 Å². The first-order valence-corrected chi connectivity index (χ1v) is 6.16. The van der Waals surface area contributed by atoms with Crippen molar-refractivity contribution < 1.29 is 9.53 Å². The van der Waals surface area contributed by atoms with Gasteiger partial charge in [0.1, 0.15) is 6.61 Å². The number of carbonyl (C=O) groups excluding carboxylic acids is 1. The molecule has 1 atom stereocenters. The fourth-order valence-corrected chi connectivity index (χ4v) is 1.31. The minimum absolute atomic E-state index is 0.115. The molecule has 0 aliphatic carbocycles. The smallest absolute Gasteiger partial charge is 0.237 e. The second-order valence-electron chi connectivity index (χ2n) is 4.22. The Bertz CT molecular complexity index is 381. The summed E-state index contributed by atoms with van der Waals surface area (Å²) in [4.78, 5) is 15.5. The van der Waals surface area contributed by atoms with Crippen molar-refractivity contribution in [3.63, 3.8) is 0 Å². The summed E-state index contributed by atoms with van der Waals surface area (Å²) < 4.78 is 5.33. The largest absolute Gasteiger partial charge is 0.476 e. The van der Waals surface area contributed by atoms with E-state index >= 15 is 0 Å². The molecule has 1 aromatic heterocycles. The molecular weight excluding hydrogens is 254 g/mol. The lowest BCUT2D eigenvalue weighted by molar-refractivity contribution is -0.123. The van der Waals surface area contributed by atoms with Gasteiger partial charge in [-0.3, -0.25) is 4.79 Å². The van der Waals surface area contributed by atoms with Crippen LogP contribution in [0, 0.1) is 5.92 Å². The third kappa shape index (κ3) is 4.89. The van der Waals surface area contributed by atoms with Crippen molar-refractivity contribution in [1.82, 2.24) is 10.3 Å². The number of nitrogens with zero attached hydrogens (tertiary/aromatic N) is 1. The summed E-state index contributed by atoms with van der Waals surface area (Å²) in [5, 5.41) is 3.26. The molecule has 0 bridgehead atoms. The standard InChI is InChI=1S/C12H18ClN3O2/c1-8(2)11(14)12(17)15-5-6-18-10-4-3-9(13)7-16-10/h3-4,7-8,11H,5-6,14H2,1-2H3,(H,15,17)/t11-/m0/s1. The van der Waals surface area contributed by atoms with Gasteiger partial charge in [-0.1, -0.05) is 25.4 Å². The van der Waals surface area contributed by atoms with E-state index in [1.807, 2.05) is 13.8 Å². The first-order valence-electron chi connectivity index (χ1n) is 5.78. The molecule has 1 rings (SSSR count). The lowest BCUT2D eigenvalue weighted by Crippen LogP contribution is -2.45. The van der Waals surface area contributed by atoms with Gasteiger partial charge in [-0.25, -0.2) is 4.98 Å². The fraction of sp³-hybridized carbons (Fsp3) is 0.500. The van der Waals surface area contributed by atoms with Crippen molar-refractivity contribution in [2.75, 3.05) is 13.2 Å². The zero-order chi connectivity index (χ0) is 13.5. The van der Waals surface area contributed by atoms with Crippen LogP contribution in [0.1, 0.15) is 13.8 Å². The molecule has 1 heterocycles. The van der Waals surface area contributed by atoms with Crippen LogP contribution in [0.2, 0.25) is 5.02 Å². The lowest BCUT2D eigenvalue weighted by atomic mass is 10.1. The van der Waals surface area contributed by atoms with Crippen LogP contribution in [0.15, 0.2) is 18.3 Å². The van der Waals surface area contributed by atoms with Crippen LogP contribution < -0.4 is 15.8 Å². The quantitative estimate of drug-likeness (QED) is 0.763. The molecule has 0 aliphatic rings. The zero-order valence-electron chi connectivity index (χ0n) is 10.5. The van der Waals surface area contributed by atoms with E-state index in [1.54, 1.807) is 12.1 Å². The number of carbonyl (C=O) groups is 1. The molecule has 1 aromatic rings. The SMILES string of the molecule is CC(C)[C@H](N)C(=O)NCCOc1ccc(Cl)cn1. The van der Waals surface area contributed by atoms with Crippen LogP contribution in [0.4, 0.5) is 0 Å². The van der Waals surface area contributed by atoms with E-state index < -0.39 is 6.04 Å². The van der Waals surface area contributed by atoms with E-state index in [0.29, 0.717) is 24.1 Å². The number of hydrogen-bond acceptors (Lipinski definition) is 4. The third-order valence-electron chi connectivity index (χ3n) is 2.37. The van der Waals surface area contributed by atoms with Crippen LogP contribution in [0.5, 0.6) is 5.88 Å². The molecule has 100 valence electrons. The minimum atomic E-state index is -0.487. The summed E-state index contributed by atoms with van der Waals surface area (Å²) >= 11 is 5.69. The molecule has 5 nitrogen and oxygen atoms in total. The van der Waals surface area contributed by atoms with Crippen LogP contribution in [0.3, 0.4) is 0 Å². The number of halogens is 1. The highest BCUT2D eigenvalue weighted by molar-refractivity contribution is 6.30. The number of amides is 1. The molecular formula is C12H18ClN3O2. The number of aromatic nitrogens is 1. The molecule has 0 aliphatic heterocycles. The molecule has 1 amide bonds. The molecule has 0 unspecified atom stereocenters. The molecule has 18 heavy (non-hydrogen) atoms. The molecule has 0 spiro atoms. The molecule has 0 fully saturated rings. The van der Waals surface area contributed by atoms with Gasteiger partial charge in [-0.15, -0.1) is 0 Å². The summed E-state index contributed by atoms with van der Waals surface area (Å²) in [5.41, 5.74) is 5.69. The summed E-state index contributed by atoms with van der Waals surface area (Å²) in [6.45, 7) is 4.53. The number of ether oxygens (including phenoxy) is 1. The molecule has 0 aromatic carbocycles. The Morgan fingerprint density at radius 2 is 2.28 bits per heavy atom. The highest BCUT2D eigenvalue weighted by Crippen LogP contribution is 2.10. The highest BCUT2D eigenvalue weighted by Gasteiger charge is 2.16. The Balaban J connectivity index is 2.23. The van der Waals surface area contributed by atoms with Gasteiger partial charge in [-0.05, 0) is 12.0 Å². The number of rotatable bonds is 6. The zero-order valence-corrected chi connectivity index (χ0v) is 11.3. The second-order valence-corrected chi connectivity index (χ2v) is 4.66. The Morgan fingerprint density at radius 1 is 1.56 bits per heavy atom. The van der Waals surface area contributed by atoms with Crippen LogP contribution in [-0.2, 0) is 4.79 Å². The molecule has 0 saturated heterocycles. The van der Waals surface area contributed by atoms with Crippen molar-refractivity contribution >= 4 is 17.5 Å². The van der Waals surface area contributed by atoms with Crippen LogP contribution in [0.25, 0.3) is 0 Å². The Kier molecular flexibility index (Phi) is 5.88. The van der Waals surface area contributed by atoms with Crippen molar-refractivity contribution in [3.8, 4) is 5.88 Å². The molecule has 6 heteroatoms. The van der Waals surface area contributed by atoms with Gasteiger partial charge < -0.3 is 15.8 Å². The number of pyridine rings is 1. The summed E-state index contributed by atoms with van der Waals surface area (Å²) in [6.07, 6.45) is 1.50. The topological polar surface area (TPSA) is 77.2 Å². The van der Waals surface area contributed by atoms with Gasteiger partial charge in [-0.2, -0.15) is 0 Å². The van der Waals surface area contributed by atoms with Crippen LogP contribution >= 0.6 is 11.6 Å². The Labute approximate surface area is 112 Å². The Hall–Kier alpha value is -1.33. The first kappa shape index (κ1) is 14.7. The lowest BCUT2D eigenvalue weighted by Gasteiger charge is -2.15. The highest BCUT2D eigenvalue weighted by atomic mass is 35.5. The number of hydrogen-bond donors (Lipinski definition) is 2. The number of nitrogens with one attached hydrogen (secondary N) is 1. The summed E-state index contributed by atoms with van der Waals surface area (Å²) in [6, 6.07) is 2.87. The molecule has 3 N–H and O–H groups in total. The second kappa shape index (κ2) is 7.18. The minimum Gasteiger partial charge on any atom is -0.476 e. The fourth-order valence-electron chi connectivity index (χ4n) is 1.20. The van der Waals surface area contributed by atoms with Crippen molar-refractivity contribution in [1.29, 1.82) is 0 Å². The molecule has 0 saturated carbocycles. The van der Waals surface area contributed by atoms with Gasteiger partial charge in [0, 0.05) is 12.3 Å². The van der Waals surface area contributed by atoms with E-state index in [2.05, 4.69) is 10.3 Å². The maximum absolute atomic E-state index is 11.5. The normalized spacial score (nSPS) is 12.3. The van der Waals surface area contributed by atoms with E-state index in [-0.39, 0.29) is 11.8 Å². The Morgan fingerprint density at radius 3 is 2.83 bits per heavy atom. The summed E-state index contributed by atoms with van der Waals surface area (Å²) in [5.74, 6) is 0.420. The van der Waals surface area contributed by atoms with E-state index in [4.69, 9.17) is 22.1 Å². The van der Waals surface area contributed by atoms with Crippen molar-refractivity contribution in [2.24, 2.45) is 11.7 Å². The van der Waals surface area contributed by atoms with Gasteiger partial charge in [0.15, 0.2) is 0 Å². The molecule has 0 radical (unpaired) electrons. The average Bonchev–Trinajstić information content (AvgIpc) is 2.35. The number of nitrogens with two attached hydrogens (primary N) is 1. The van der Waals surface area contributed by atoms with E-state index in [1.165, 1.54) is 6.20 Å². The average molecular weight is 272 g/mol. The first-order chi connectivity index (χ1) is 8.50. The van der Waals surface area contributed by atoms with Crippen molar-refractivity contribution in [2.45, 2.75) is 19.9 Å². The van der Waals surface area contributed by atoms with Gasteiger partial charge >= 0.3 is 0 Å². The maximum Gasteiger partial charge on any atom is 0.237 e.